The van der Waals surface area contributed by atoms with Crippen molar-refractivity contribution in [2.75, 3.05) is 6.61 Å². The zero-order chi connectivity index (χ0) is 6.91. The van der Waals surface area contributed by atoms with Crippen molar-refractivity contribution < 1.29 is 4.43 Å². The predicted molar refractivity (Wildman–Crippen MR) is 42.0 cm³/mol. The molecule has 0 amide bonds. The van der Waals surface area contributed by atoms with E-state index in [1.54, 1.807) is 0 Å². The number of hydrogen-bond donors (Lipinski definition) is 0. The second-order valence-corrected chi connectivity index (χ2v) is 8.38. The standard InChI is InChI=1S/C7H16OSi/c1-9(2,3)8-6-7-4-5-7/h7H,4-6H2,1-3H3. The van der Waals surface area contributed by atoms with E-state index in [1.807, 2.05) is 0 Å². The summed E-state index contributed by atoms with van der Waals surface area (Å²) in [7, 11) is -1.18. The molecule has 0 unspecified atom stereocenters. The van der Waals surface area contributed by atoms with Crippen LogP contribution in [0, 0.1) is 5.92 Å². The van der Waals surface area contributed by atoms with Crippen LogP contribution in [0.25, 0.3) is 0 Å². The van der Waals surface area contributed by atoms with Crippen molar-refractivity contribution in [1.29, 1.82) is 0 Å². The summed E-state index contributed by atoms with van der Waals surface area (Å²) in [6, 6.07) is 0. The summed E-state index contributed by atoms with van der Waals surface area (Å²) < 4.78 is 5.69. The van der Waals surface area contributed by atoms with Gasteiger partial charge in [0.1, 0.15) is 0 Å². The van der Waals surface area contributed by atoms with Crippen LogP contribution in [-0.4, -0.2) is 14.9 Å². The van der Waals surface area contributed by atoms with Crippen molar-refractivity contribution in [2.24, 2.45) is 5.92 Å². The van der Waals surface area contributed by atoms with E-state index in [4.69, 9.17) is 4.43 Å². The first-order valence-electron chi connectivity index (χ1n) is 3.72. The molecule has 1 saturated carbocycles. The molecule has 0 saturated heterocycles. The van der Waals surface area contributed by atoms with Gasteiger partial charge in [0, 0.05) is 6.61 Å². The van der Waals surface area contributed by atoms with Gasteiger partial charge in [-0.2, -0.15) is 0 Å². The maximum absolute atomic E-state index is 5.69. The lowest BCUT2D eigenvalue weighted by molar-refractivity contribution is 0.293. The van der Waals surface area contributed by atoms with Gasteiger partial charge < -0.3 is 4.43 Å². The summed E-state index contributed by atoms with van der Waals surface area (Å²) in [5.41, 5.74) is 0. The van der Waals surface area contributed by atoms with E-state index < -0.39 is 8.32 Å². The zero-order valence-electron chi connectivity index (χ0n) is 6.61. The molecule has 0 N–H and O–H groups in total. The fourth-order valence-corrected chi connectivity index (χ4v) is 1.39. The third-order valence-corrected chi connectivity index (χ3v) is 2.48. The van der Waals surface area contributed by atoms with Crippen molar-refractivity contribution in [1.82, 2.24) is 0 Å². The van der Waals surface area contributed by atoms with Gasteiger partial charge in [-0.3, -0.25) is 0 Å². The van der Waals surface area contributed by atoms with E-state index in [0.29, 0.717) is 0 Å². The molecule has 0 heterocycles. The lowest BCUT2D eigenvalue weighted by Crippen LogP contribution is -2.26. The first-order valence-corrected chi connectivity index (χ1v) is 7.13. The molecular formula is C7H16OSi. The second-order valence-electron chi connectivity index (χ2n) is 3.87. The second kappa shape index (κ2) is 2.43. The summed E-state index contributed by atoms with van der Waals surface area (Å²) in [6.07, 6.45) is 2.81. The summed E-state index contributed by atoms with van der Waals surface area (Å²) >= 11 is 0. The van der Waals surface area contributed by atoms with Crippen LogP contribution in [-0.2, 0) is 4.43 Å². The molecule has 0 aromatic heterocycles. The topological polar surface area (TPSA) is 9.23 Å². The van der Waals surface area contributed by atoms with Crippen LogP contribution in [0.4, 0.5) is 0 Å². The van der Waals surface area contributed by atoms with E-state index in [0.717, 1.165) is 12.5 Å². The molecule has 1 rings (SSSR count). The highest BCUT2D eigenvalue weighted by molar-refractivity contribution is 6.69. The Hall–Kier alpha value is 0.177. The lowest BCUT2D eigenvalue weighted by Gasteiger charge is -2.16. The Labute approximate surface area is 58.5 Å². The van der Waals surface area contributed by atoms with Gasteiger partial charge in [0.05, 0.1) is 0 Å². The van der Waals surface area contributed by atoms with Crippen LogP contribution in [0.5, 0.6) is 0 Å². The Bertz CT molecular complexity index is 91.6. The van der Waals surface area contributed by atoms with Gasteiger partial charge in [0.2, 0.25) is 0 Å². The van der Waals surface area contributed by atoms with Crippen molar-refractivity contribution >= 4 is 8.32 Å². The largest absolute Gasteiger partial charge is 0.417 e. The number of rotatable bonds is 3. The highest BCUT2D eigenvalue weighted by Crippen LogP contribution is 2.29. The maximum atomic E-state index is 5.69. The monoisotopic (exact) mass is 144 g/mol. The Kier molecular flexibility index (Phi) is 1.96. The van der Waals surface area contributed by atoms with Gasteiger partial charge in [-0.05, 0) is 38.4 Å². The van der Waals surface area contributed by atoms with Crippen molar-refractivity contribution in [3.8, 4) is 0 Å². The fourth-order valence-electron chi connectivity index (χ4n) is 0.652. The average molecular weight is 144 g/mol. The Balaban J connectivity index is 2.03. The number of hydrogen-bond acceptors (Lipinski definition) is 1. The highest BCUT2D eigenvalue weighted by Gasteiger charge is 2.24. The third-order valence-electron chi connectivity index (χ3n) is 1.45. The van der Waals surface area contributed by atoms with Crippen LogP contribution in [0.1, 0.15) is 12.8 Å². The van der Waals surface area contributed by atoms with E-state index in [2.05, 4.69) is 19.6 Å². The van der Waals surface area contributed by atoms with E-state index in [1.165, 1.54) is 12.8 Å². The Morgan fingerprint density at radius 1 is 1.33 bits per heavy atom. The minimum Gasteiger partial charge on any atom is -0.417 e. The minimum absolute atomic E-state index is 0.928. The van der Waals surface area contributed by atoms with Gasteiger partial charge >= 0.3 is 0 Å². The summed E-state index contributed by atoms with van der Waals surface area (Å²) in [5, 5.41) is 0. The molecular weight excluding hydrogens is 128 g/mol. The van der Waals surface area contributed by atoms with E-state index in [-0.39, 0.29) is 0 Å². The molecule has 1 aliphatic rings. The van der Waals surface area contributed by atoms with E-state index in [9.17, 15) is 0 Å². The minimum atomic E-state index is -1.18. The summed E-state index contributed by atoms with van der Waals surface area (Å²) in [5.74, 6) is 0.928. The molecule has 0 atom stereocenters. The van der Waals surface area contributed by atoms with Gasteiger partial charge in [-0.25, -0.2) is 0 Å². The normalized spacial score (nSPS) is 20.3. The molecule has 1 fully saturated rings. The van der Waals surface area contributed by atoms with Gasteiger partial charge in [0.25, 0.3) is 0 Å². The van der Waals surface area contributed by atoms with Crippen LogP contribution >= 0.6 is 0 Å². The van der Waals surface area contributed by atoms with Crippen molar-refractivity contribution in [3.63, 3.8) is 0 Å². The molecule has 2 heteroatoms. The summed E-state index contributed by atoms with van der Waals surface area (Å²) in [4.78, 5) is 0. The SMILES string of the molecule is C[Si](C)(C)OCC1CC1. The fraction of sp³-hybridized carbons (Fsp3) is 1.00. The molecule has 0 radical (unpaired) electrons. The van der Waals surface area contributed by atoms with Crippen molar-refractivity contribution in [2.45, 2.75) is 32.5 Å². The molecule has 54 valence electrons. The molecule has 0 aliphatic heterocycles. The van der Waals surface area contributed by atoms with Crippen LogP contribution in [0.2, 0.25) is 19.6 Å². The maximum Gasteiger partial charge on any atom is 0.183 e. The van der Waals surface area contributed by atoms with Crippen LogP contribution in [0.3, 0.4) is 0 Å². The average Bonchev–Trinajstić information content (AvgIpc) is 2.38. The van der Waals surface area contributed by atoms with Crippen LogP contribution < -0.4 is 0 Å². The van der Waals surface area contributed by atoms with Crippen LogP contribution in [0.15, 0.2) is 0 Å². The highest BCUT2D eigenvalue weighted by atomic mass is 28.4. The lowest BCUT2D eigenvalue weighted by atomic mass is 10.5. The predicted octanol–water partition coefficient (Wildman–Crippen LogP) is 2.25. The smallest absolute Gasteiger partial charge is 0.183 e. The molecule has 0 aromatic rings. The van der Waals surface area contributed by atoms with Gasteiger partial charge in [-0.1, -0.05) is 0 Å². The first kappa shape index (κ1) is 7.29. The quantitative estimate of drug-likeness (QED) is 0.552. The van der Waals surface area contributed by atoms with Gasteiger partial charge in [-0.15, -0.1) is 0 Å². The van der Waals surface area contributed by atoms with Gasteiger partial charge in [0.15, 0.2) is 8.32 Å². The summed E-state index contributed by atoms with van der Waals surface area (Å²) in [6.45, 7) is 7.77. The molecule has 0 aromatic carbocycles. The van der Waals surface area contributed by atoms with E-state index >= 15 is 0 Å². The molecule has 0 spiro atoms. The Morgan fingerprint density at radius 3 is 2.22 bits per heavy atom. The molecule has 0 bridgehead atoms. The molecule has 1 nitrogen and oxygen atoms in total. The third kappa shape index (κ3) is 3.70. The zero-order valence-corrected chi connectivity index (χ0v) is 7.61. The Morgan fingerprint density at radius 2 is 1.89 bits per heavy atom. The van der Waals surface area contributed by atoms with Crippen molar-refractivity contribution in [3.05, 3.63) is 0 Å². The molecule has 1 aliphatic carbocycles. The molecule has 9 heavy (non-hydrogen) atoms. The first-order chi connectivity index (χ1) is 4.08.